The predicted molar refractivity (Wildman–Crippen MR) is 134 cm³/mol. The second-order valence-electron chi connectivity index (χ2n) is 9.44. The molecule has 0 saturated carbocycles. The zero-order chi connectivity index (χ0) is 25.7. The summed E-state index contributed by atoms with van der Waals surface area (Å²) in [5.41, 5.74) is 1.98. The molecule has 1 N–H and O–H groups in total. The number of pyridine rings is 1. The molecule has 190 valence electrons. The average molecular weight is 485 g/mol. The Morgan fingerprint density at radius 1 is 1.26 bits per heavy atom. The fraction of sp³-hybridized carbons (Fsp3) is 0.500. The number of fused-ring (bicyclic) bond motifs is 1. The molecule has 1 aliphatic heterocycles. The first kappa shape index (κ1) is 26.4. The Balaban J connectivity index is 1.98. The largest absolute Gasteiger partial charge is 0.497 e. The molecule has 3 rings (SSSR count). The summed E-state index contributed by atoms with van der Waals surface area (Å²) >= 11 is 0. The number of hydrogen-bond donors (Lipinski definition) is 1. The van der Waals surface area contributed by atoms with Crippen LogP contribution in [0, 0.1) is 5.92 Å². The van der Waals surface area contributed by atoms with Gasteiger partial charge < -0.3 is 29.3 Å². The molecule has 9 nitrogen and oxygen atoms in total. The molecule has 1 aliphatic rings. The second-order valence-corrected chi connectivity index (χ2v) is 9.44. The van der Waals surface area contributed by atoms with Crippen LogP contribution in [0.2, 0.25) is 0 Å². The monoisotopic (exact) mass is 484 g/mol. The van der Waals surface area contributed by atoms with Crippen LogP contribution in [0.5, 0.6) is 11.6 Å². The number of ether oxygens (including phenoxy) is 2. The summed E-state index contributed by atoms with van der Waals surface area (Å²) in [7, 11) is 7.06. The summed E-state index contributed by atoms with van der Waals surface area (Å²) in [5.74, 6) is 0.602. The van der Waals surface area contributed by atoms with E-state index < -0.39 is 0 Å². The van der Waals surface area contributed by atoms with Crippen LogP contribution in [-0.2, 0) is 4.79 Å². The van der Waals surface area contributed by atoms with Crippen molar-refractivity contribution in [3.05, 3.63) is 42.1 Å². The zero-order valence-electron chi connectivity index (χ0n) is 21.4. The summed E-state index contributed by atoms with van der Waals surface area (Å²) in [6.45, 7) is 4.67. The van der Waals surface area contributed by atoms with E-state index in [1.54, 1.807) is 36.2 Å². The highest BCUT2D eigenvalue weighted by molar-refractivity contribution is 5.98. The third-order valence-electron chi connectivity index (χ3n) is 6.28. The number of aliphatic hydroxyl groups is 1. The Labute approximate surface area is 207 Å². The van der Waals surface area contributed by atoms with E-state index in [0.717, 1.165) is 16.9 Å². The van der Waals surface area contributed by atoms with E-state index >= 15 is 0 Å². The first-order valence-corrected chi connectivity index (χ1v) is 11.8. The number of nitrogens with zero attached hydrogens (tertiary/aromatic N) is 4. The third-order valence-corrected chi connectivity index (χ3v) is 6.28. The number of likely N-dealkylation sites (N-methyl/N-ethyl adjacent to an activating group) is 2. The van der Waals surface area contributed by atoms with Gasteiger partial charge in [-0.2, -0.15) is 0 Å². The normalized spacial score (nSPS) is 18.9. The van der Waals surface area contributed by atoms with Gasteiger partial charge in [0.25, 0.3) is 5.91 Å². The van der Waals surface area contributed by atoms with Gasteiger partial charge in [0.15, 0.2) is 0 Å². The molecular weight excluding hydrogens is 448 g/mol. The maximum Gasteiger partial charge on any atom is 0.259 e. The van der Waals surface area contributed by atoms with Gasteiger partial charge in [0.05, 0.1) is 32.8 Å². The molecule has 3 atom stereocenters. The van der Waals surface area contributed by atoms with Crippen molar-refractivity contribution in [2.24, 2.45) is 5.92 Å². The van der Waals surface area contributed by atoms with Crippen LogP contribution < -0.4 is 9.47 Å². The minimum atomic E-state index is -0.384. The molecule has 2 amide bonds. The number of benzene rings is 1. The highest BCUT2D eigenvalue weighted by atomic mass is 16.5. The molecule has 0 fully saturated rings. The van der Waals surface area contributed by atoms with Crippen molar-refractivity contribution in [1.29, 1.82) is 0 Å². The summed E-state index contributed by atoms with van der Waals surface area (Å²) < 4.78 is 11.5. The summed E-state index contributed by atoms with van der Waals surface area (Å²) in [6, 6.07) is 8.90. The lowest BCUT2D eigenvalue weighted by Crippen LogP contribution is -2.51. The Morgan fingerprint density at radius 2 is 1.94 bits per heavy atom. The Morgan fingerprint density at radius 3 is 2.54 bits per heavy atom. The number of amides is 2. The van der Waals surface area contributed by atoms with Gasteiger partial charge in [0, 0.05) is 31.3 Å². The quantitative estimate of drug-likeness (QED) is 0.612. The lowest BCUT2D eigenvalue weighted by atomic mass is 9.99. The van der Waals surface area contributed by atoms with Gasteiger partial charge in [-0.15, -0.1) is 0 Å². The van der Waals surface area contributed by atoms with Gasteiger partial charge in [-0.25, -0.2) is 4.98 Å². The molecule has 0 radical (unpaired) electrons. The number of hydrogen-bond acceptors (Lipinski definition) is 7. The van der Waals surface area contributed by atoms with Crippen LogP contribution in [0.3, 0.4) is 0 Å². The predicted octanol–water partition coefficient (Wildman–Crippen LogP) is 2.00. The minimum Gasteiger partial charge on any atom is -0.497 e. The number of aliphatic hydroxyl groups excluding tert-OH is 1. The number of rotatable bonds is 8. The van der Waals surface area contributed by atoms with Crippen molar-refractivity contribution in [2.75, 3.05) is 54.5 Å². The molecule has 35 heavy (non-hydrogen) atoms. The molecule has 0 spiro atoms. The van der Waals surface area contributed by atoms with Gasteiger partial charge in [-0.1, -0.05) is 19.1 Å². The SMILES string of the molecule is COc1ccc(-c2cnc3c(c2)C(=O)N([C@H](C)CO)C[C@@H](C)[C@@H](CN(C)C(=O)CN(C)C)O3)cc1. The van der Waals surface area contributed by atoms with Crippen LogP contribution in [0.4, 0.5) is 0 Å². The molecular formula is C26H36N4O5. The average Bonchev–Trinajstić information content (AvgIpc) is 2.85. The lowest BCUT2D eigenvalue weighted by Gasteiger charge is -2.37. The van der Waals surface area contributed by atoms with Gasteiger partial charge >= 0.3 is 0 Å². The maximum atomic E-state index is 13.6. The first-order chi connectivity index (χ1) is 16.6. The Kier molecular flexibility index (Phi) is 8.69. The van der Waals surface area contributed by atoms with Crippen molar-refractivity contribution in [1.82, 2.24) is 19.7 Å². The van der Waals surface area contributed by atoms with Crippen molar-refractivity contribution >= 4 is 11.8 Å². The summed E-state index contributed by atoms with van der Waals surface area (Å²) in [5, 5.41) is 9.84. The number of aromatic nitrogens is 1. The number of carbonyl (C=O) groups excluding carboxylic acids is 2. The van der Waals surface area contributed by atoms with E-state index in [4.69, 9.17) is 9.47 Å². The zero-order valence-corrected chi connectivity index (χ0v) is 21.4. The van der Waals surface area contributed by atoms with Crippen LogP contribution in [0.15, 0.2) is 36.5 Å². The van der Waals surface area contributed by atoms with Crippen molar-refractivity contribution in [2.45, 2.75) is 26.0 Å². The number of methoxy groups -OCH3 is 1. The standard InChI is InChI=1S/C26H36N4O5/c1-17-13-30(18(2)16-31)26(33)22-11-20(19-7-9-21(34-6)10-8-19)12-27-25(22)35-23(17)14-29(5)24(32)15-28(3)4/h7-12,17-18,23,31H,13-16H2,1-6H3/t17-,18-,23-/m1/s1. The molecule has 0 saturated heterocycles. The molecule has 1 aromatic heterocycles. The topological polar surface area (TPSA) is 95.4 Å². The van der Waals surface area contributed by atoms with Crippen LogP contribution in [-0.4, -0.2) is 103 Å². The van der Waals surface area contributed by atoms with E-state index in [9.17, 15) is 14.7 Å². The molecule has 2 aromatic rings. The Bertz CT molecular complexity index is 1030. The van der Waals surface area contributed by atoms with Gasteiger partial charge in [0.2, 0.25) is 11.8 Å². The smallest absolute Gasteiger partial charge is 0.259 e. The van der Waals surface area contributed by atoms with Crippen LogP contribution >= 0.6 is 0 Å². The third kappa shape index (κ3) is 6.29. The van der Waals surface area contributed by atoms with E-state index in [-0.39, 0.29) is 42.4 Å². The summed E-state index contributed by atoms with van der Waals surface area (Å²) in [6.07, 6.45) is 1.29. The van der Waals surface area contributed by atoms with Crippen molar-refractivity contribution in [3.63, 3.8) is 0 Å². The van der Waals surface area contributed by atoms with Crippen molar-refractivity contribution < 1.29 is 24.2 Å². The maximum absolute atomic E-state index is 13.6. The van der Waals surface area contributed by atoms with E-state index in [1.165, 1.54) is 0 Å². The molecule has 9 heteroatoms. The van der Waals surface area contributed by atoms with E-state index in [2.05, 4.69) is 4.98 Å². The van der Waals surface area contributed by atoms with E-state index in [1.807, 2.05) is 57.1 Å². The van der Waals surface area contributed by atoms with Gasteiger partial charge in [0.1, 0.15) is 17.4 Å². The Hall–Kier alpha value is -3.17. The fourth-order valence-electron chi connectivity index (χ4n) is 4.02. The van der Waals surface area contributed by atoms with Crippen molar-refractivity contribution in [3.8, 4) is 22.8 Å². The highest BCUT2D eigenvalue weighted by Gasteiger charge is 2.34. The van der Waals surface area contributed by atoms with Gasteiger partial charge in [-0.05, 0) is 44.8 Å². The molecule has 2 heterocycles. The summed E-state index contributed by atoms with van der Waals surface area (Å²) in [4.78, 5) is 35.8. The molecule has 0 bridgehead atoms. The minimum absolute atomic E-state index is 0.0208. The van der Waals surface area contributed by atoms with Gasteiger partial charge in [-0.3, -0.25) is 9.59 Å². The van der Waals surface area contributed by atoms with E-state index in [0.29, 0.717) is 25.2 Å². The highest BCUT2D eigenvalue weighted by Crippen LogP contribution is 2.31. The molecule has 0 aliphatic carbocycles. The lowest BCUT2D eigenvalue weighted by molar-refractivity contribution is -0.132. The first-order valence-electron chi connectivity index (χ1n) is 11.8. The molecule has 1 aromatic carbocycles. The second kappa shape index (κ2) is 11.5. The molecule has 0 unspecified atom stereocenters. The fourth-order valence-corrected chi connectivity index (χ4v) is 4.02. The van der Waals surface area contributed by atoms with Crippen LogP contribution in [0.1, 0.15) is 24.2 Å². The van der Waals surface area contributed by atoms with Crippen LogP contribution in [0.25, 0.3) is 11.1 Å². The number of carbonyl (C=O) groups is 2.